The Morgan fingerprint density at radius 2 is 1.87 bits per heavy atom. The molecule has 0 spiro atoms. The van der Waals surface area contributed by atoms with Gasteiger partial charge in [0.05, 0.1) is 11.0 Å². The molecule has 3 rings (SSSR count). The van der Waals surface area contributed by atoms with E-state index in [1.807, 2.05) is 13.8 Å². The van der Waals surface area contributed by atoms with Crippen LogP contribution in [0.15, 0.2) is 53.4 Å². The number of hydrogen-bond acceptors (Lipinski definition) is 5. The number of sulfonamides is 1. The molecule has 2 aromatic rings. The van der Waals surface area contributed by atoms with E-state index in [0.717, 1.165) is 19.4 Å². The molecular formula is C22H28N2O5S. The first-order chi connectivity index (χ1) is 14.4. The van der Waals surface area contributed by atoms with Crippen LogP contribution in [0.5, 0.6) is 5.75 Å². The van der Waals surface area contributed by atoms with Crippen LogP contribution in [0, 0.1) is 0 Å². The molecule has 7 nitrogen and oxygen atoms in total. The maximum absolute atomic E-state index is 12.5. The number of amides is 1. The van der Waals surface area contributed by atoms with Crippen LogP contribution in [0.25, 0.3) is 0 Å². The van der Waals surface area contributed by atoms with Crippen molar-refractivity contribution in [2.24, 2.45) is 0 Å². The van der Waals surface area contributed by atoms with Crippen molar-refractivity contribution in [3.8, 4) is 5.75 Å². The minimum absolute atomic E-state index is 0.139. The summed E-state index contributed by atoms with van der Waals surface area (Å²) in [5.74, 6) is 0.402. The van der Waals surface area contributed by atoms with E-state index in [2.05, 4.69) is 10.0 Å². The van der Waals surface area contributed by atoms with Gasteiger partial charge < -0.3 is 14.8 Å². The van der Waals surface area contributed by atoms with Crippen LogP contribution < -0.4 is 14.8 Å². The van der Waals surface area contributed by atoms with E-state index >= 15 is 0 Å². The molecule has 2 unspecified atom stereocenters. The van der Waals surface area contributed by atoms with Gasteiger partial charge in [-0.1, -0.05) is 6.92 Å². The molecule has 1 fully saturated rings. The molecule has 30 heavy (non-hydrogen) atoms. The molecule has 0 aliphatic carbocycles. The van der Waals surface area contributed by atoms with Crippen molar-refractivity contribution < 1.29 is 22.7 Å². The fourth-order valence-corrected chi connectivity index (χ4v) is 4.33. The van der Waals surface area contributed by atoms with Gasteiger partial charge in [-0.15, -0.1) is 0 Å². The fourth-order valence-electron chi connectivity index (χ4n) is 3.00. The van der Waals surface area contributed by atoms with Crippen LogP contribution in [0.1, 0.15) is 43.5 Å². The maximum atomic E-state index is 12.5. The molecule has 2 N–H and O–H groups in total. The largest absolute Gasteiger partial charge is 0.491 e. The zero-order valence-electron chi connectivity index (χ0n) is 17.3. The summed E-state index contributed by atoms with van der Waals surface area (Å²) in [5.41, 5.74) is 0.996. The first-order valence-corrected chi connectivity index (χ1v) is 11.6. The van der Waals surface area contributed by atoms with Crippen molar-refractivity contribution >= 4 is 21.6 Å². The van der Waals surface area contributed by atoms with Gasteiger partial charge in [0.2, 0.25) is 10.0 Å². The molecule has 1 saturated heterocycles. The number of ether oxygens (including phenoxy) is 2. The number of nitrogens with one attached hydrogen (secondary N) is 2. The standard InChI is InChI=1S/C22H28N2O5S/c1-3-16(2)24-30(26,27)21-12-8-18(9-13-21)23-22(25)17-6-10-19(11-7-17)29-15-20-5-4-14-28-20/h6-13,16,20,24H,3-5,14-15H2,1-2H3,(H,23,25). The third-order valence-corrected chi connectivity index (χ3v) is 6.57. The Kier molecular flexibility index (Phi) is 7.47. The topological polar surface area (TPSA) is 93.7 Å². The lowest BCUT2D eigenvalue weighted by molar-refractivity contribution is 0.0679. The van der Waals surface area contributed by atoms with E-state index in [1.54, 1.807) is 36.4 Å². The summed E-state index contributed by atoms with van der Waals surface area (Å²) < 4.78 is 38.5. The van der Waals surface area contributed by atoms with Crippen LogP contribution in [-0.2, 0) is 14.8 Å². The third-order valence-electron chi connectivity index (χ3n) is 4.97. The zero-order chi connectivity index (χ0) is 21.6. The van der Waals surface area contributed by atoms with Gasteiger partial charge in [-0.05, 0) is 74.7 Å². The number of carbonyl (C=O) groups excluding carboxylic acids is 1. The SMILES string of the molecule is CCC(C)NS(=O)(=O)c1ccc(NC(=O)c2ccc(OCC3CCCO3)cc2)cc1. The molecule has 162 valence electrons. The molecular weight excluding hydrogens is 404 g/mol. The summed E-state index contributed by atoms with van der Waals surface area (Å²) in [6, 6.07) is 12.8. The molecule has 1 aliphatic rings. The Morgan fingerprint density at radius 3 is 2.47 bits per heavy atom. The van der Waals surface area contributed by atoms with Crippen molar-refractivity contribution in [1.82, 2.24) is 4.72 Å². The van der Waals surface area contributed by atoms with Crippen molar-refractivity contribution in [3.63, 3.8) is 0 Å². The minimum Gasteiger partial charge on any atom is -0.491 e. The van der Waals surface area contributed by atoms with Crippen LogP contribution >= 0.6 is 0 Å². The van der Waals surface area contributed by atoms with Crippen molar-refractivity contribution in [2.75, 3.05) is 18.5 Å². The van der Waals surface area contributed by atoms with Crippen molar-refractivity contribution in [2.45, 2.75) is 50.2 Å². The second-order valence-electron chi connectivity index (χ2n) is 7.38. The van der Waals surface area contributed by atoms with E-state index in [-0.39, 0.29) is 22.9 Å². The van der Waals surface area contributed by atoms with E-state index < -0.39 is 10.0 Å². The summed E-state index contributed by atoms with van der Waals surface area (Å²) in [4.78, 5) is 12.6. The van der Waals surface area contributed by atoms with Gasteiger partial charge in [0.15, 0.2) is 0 Å². The normalized spacial score (nSPS) is 17.5. The third kappa shape index (κ3) is 6.04. The molecule has 1 aliphatic heterocycles. The van der Waals surface area contributed by atoms with Gasteiger partial charge in [0.1, 0.15) is 12.4 Å². The van der Waals surface area contributed by atoms with Crippen molar-refractivity contribution in [3.05, 3.63) is 54.1 Å². The number of anilines is 1. The van der Waals surface area contributed by atoms with Gasteiger partial charge >= 0.3 is 0 Å². The molecule has 8 heteroatoms. The molecule has 0 bridgehead atoms. The van der Waals surface area contributed by atoms with Gasteiger partial charge in [-0.2, -0.15) is 0 Å². The Balaban J connectivity index is 1.56. The highest BCUT2D eigenvalue weighted by Gasteiger charge is 2.17. The molecule has 1 heterocycles. The summed E-state index contributed by atoms with van der Waals surface area (Å²) in [6.45, 7) is 5.01. The van der Waals surface area contributed by atoms with Gasteiger partial charge in [-0.3, -0.25) is 4.79 Å². The molecule has 0 aromatic heterocycles. The highest BCUT2D eigenvalue weighted by molar-refractivity contribution is 7.89. The average molecular weight is 433 g/mol. The number of carbonyl (C=O) groups is 1. The lowest BCUT2D eigenvalue weighted by Gasteiger charge is -2.13. The predicted octanol–water partition coefficient (Wildman–Crippen LogP) is 3.57. The van der Waals surface area contributed by atoms with Crippen LogP contribution in [0.2, 0.25) is 0 Å². The monoisotopic (exact) mass is 432 g/mol. The quantitative estimate of drug-likeness (QED) is 0.632. The average Bonchev–Trinajstić information content (AvgIpc) is 3.26. The van der Waals surface area contributed by atoms with Crippen LogP contribution in [-0.4, -0.2) is 39.7 Å². The summed E-state index contributed by atoms with van der Waals surface area (Å²) in [6.07, 6.45) is 2.91. The second kappa shape index (κ2) is 10.1. The Labute approximate surface area is 177 Å². The van der Waals surface area contributed by atoms with E-state index in [1.165, 1.54) is 12.1 Å². The highest BCUT2D eigenvalue weighted by atomic mass is 32.2. The Hall–Kier alpha value is -2.42. The lowest BCUT2D eigenvalue weighted by Crippen LogP contribution is -2.31. The number of benzene rings is 2. The minimum atomic E-state index is -3.57. The zero-order valence-corrected chi connectivity index (χ0v) is 18.1. The van der Waals surface area contributed by atoms with Crippen LogP contribution in [0.3, 0.4) is 0 Å². The van der Waals surface area contributed by atoms with E-state index in [0.29, 0.717) is 30.0 Å². The summed E-state index contributed by atoms with van der Waals surface area (Å²) >= 11 is 0. The lowest BCUT2D eigenvalue weighted by atomic mass is 10.2. The maximum Gasteiger partial charge on any atom is 0.255 e. The summed E-state index contributed by atoms with van der Waals surface area (Å²) in [5, 5.41) is 2.77. The van der Waals surface area contributed by atoms with Crippen molar-refractivity contribution in [1.29, 1.82) is 0 Å². The molecule has 0 saturated carbocycles. The molecule has 1 amide bonds. The fraction of sp³-hybridized carbons (Fsp3) is 0.409. The summed E-state index contributed by atoms with van der Waals surface area (Å²) in [7, 11) is -3.57. The van der Waals surface area contributed by atoms with Gasteiger partial charge in [0.25, 0.3) is 5.91 Å². The first-order valence-electron chi connectivity index (χ1n) is 10.2. The van der Waals surface area contributed by atoms with E-state index in [9.17, 15) is 13.2 Å². The first kappa shape index (κ1) is 22.3. The number of hydrogen-bond donors (Lipinski definition) is 2. The van der Waals surface area contributed by atoms with Gasteiger partial charge in [-0.25, -0.2) is 13.1 Å². The Morgan fingerprint density at radius 1 is 1.17 bits per heavy atom. The molecule has 0 radical (unpaired) electrons. The highest BCUT2D eigenvalue weighted by Crippen LogP contribution is 2.19. The van der Waals surface area contributed by atoms with Gasteiger partial charge in [0, 0.05) is 23.9 Å². The Bertz CT molecular complexity index is 936. The smallest absolute Gasteiger partial charge is 0.255 e. The van der Waals surface area contributed by atoms with Crippen LogP contribution in [0.4, 0.5) is 5.69 Å². The predicted molar refractivity (Wildman–Crippen MR) is 115 cm³/mol. The number of rotatable bonds is 9. The molecule has 2 atom stereocenters. The second-order valence-corrected chi connectivity index (χ2v) is 9.09. The molecule has 2 aromatic carbocycles. The van der Waals surface area contributed by atoms with E-state index in [4.69, 9.17) is 9.47 Å².